The van der Waals surface area contributed by atoms with Crippen LogP contribution in [0.2, 0.25) is 0 Å². The fourth-order valence-electron chi connectivity index (χ4n) is 3.41. The summed E-state index contributed by atoms with van der Waals surface area (Å²) in [4.78, 5) is 0. The predicted molar refractivity (Wildman–Crippen MR) is 109 cm³/mol. The third-order valence-corrected chi connectivity index (χ3v) is 4.87. The molecular formula is C23H22N2O2. The largest absolute Gasteiger partial charge is 0.461 e. The van der Waals surface area contributed by atoms with E-state index in [0.717, 1.165) is 76.7 Å². The van der Waals surface area contributed by atoms with E-state index in [2.05, 4.69) is 12.1 Å². The number of hydrogen-bond acceptors (Lipinski definition) is 4. The van der Waals surface area contributed by atoms with Crippen LogP contribution in [0.15, 0.2) is 57.4 Å². The van der Waals surface area contributed by atoms with Crippen molar-refractivity contribution in [1.29, 1.82) is 10.8 Å². The third kappa shape index (κ3) is 3.85. The average Bonchev–Trinajstić information content (AvgIpc) is 3.29. The lowest BCUT2D eigenvalue weighted by Crippen LogP contribution is -1.86. The summed E-state index contributed by atoms with van der Waals surface area (Å²) in [6, 6.07) is 15.9. The van der Waals surface area contributed by atoms with E-state index in [1.54, 1.807) is 0 Å². The van der Waals surface area contributed by atoms with E-state index in [1.165, 1.54) is 12.4 Å². The van der Waals surface area contributed by atoms with Gasteiger partial charge in [-0.05, 0) is 48.2 Å². The molecule has 4 rings (SSSR count). The van der Waals surface area contributed by atoms with Crippen molar-refractivity contribution in [2.75, 3.05) is 0 Å². The highest BCUT2D eigenvalue weighted by molar-refractivity contribution is 5.87. The minimum Gasteiger partial charge on any atom is -0.461 e. The minimum absolute atomic E-state index is 0.859. The van der Waals surface area contributed by atoms with Crippen LogP contribution in [0.1, 0.15) is 41.9 Å². The predicted octanol–water partition coefficient (Wildman–Crippen LogP) is 6.13. The Kier molecular flexibility index (Phi) is 4.88. The van der Waals surface area contributed by atoms with Gasteiger partial charge in [-0.2, -0.15) is 0 Å². The van der Waals surface area contributed by atoms with E-state index < -0.39 is 0 Å². The maximum Gasteiger partial charge on any atom is 0.134 e. The van der Waals surface area contributed by atoms with Crippen molar-refractivity contribution in [2.45, 2.75) is 32.1 Å². The van der Waals surface area contributed by atoms with Gasteiger partial charge in [0.25, 0.3) is 0 Å². The number of rotatable bonds is 8. The monoisotopic (exact) mass is 358 g/mol. The molecule has 0 saturated heterocycles. The molecule has 2 N–H and O–H groups in total. The highest BCUT2D eigenvalue weighted by Gasteiger charge is 2.06. The summed E-state index contributed by atoms with van der Waals surface area (Å²) < 4.78 is 11.8. The van der Waals surface area contributed by atoms with Crippen molar-refractivity contribution < 1.29 is 8.83 Å². The molecule has 4 heteroatoms. The second-order valence-electron chi connectivity index (χ2n) is 6.87. The summed E-state index contributed by atoms with van der Waals surface area (Å²) in [5, 5.41) is 16.8. The highest BCUT2D eigenvalue weighted by atomic mass is 16.3. The summed E-state index contributed by atoms with van der Waals surface area (Å²) in [5.41, 5.74) is 3.44. The maximum atomic E-state index is 7.33. The van der Waals surface area contributed by atoms with Gasteiger partial charge in [0.05, 0.1) is 0 Å². The van der Waals surface area contributed by atoms with Crippen molar-refractivity contribution in [3.05, 3.63) is 71.2 Å². The van der Waals surface area contributed by atoms with Crippen LogP contribution in [0.3, 0.4) is 0 Å². The van der Waals surface area contributed by atoms with E-state index in [-0.39, 0.29) is 0 Å². The Hall–Kier alpha value is -3.14. The lowest BCUT2D eigenvalue weighted by molar-refractivity contribution is 0.509. The third-order valence-electron chi connectivity index (χ3n) is 4.87. The summed E-state index contributed by atoms with van der Waals surface area (Å²) in [7, 11) is 0. The van der Waals surface area contributed by atoms with Gasteiger partial charge in [-0.25, -0.2) is 0 Å². The molecule has 2 aromatic heterocycles. The molecular weight excluding hydrogens is 336 g/mol. The molecule has 27 heavy (non-hydrogen) atoms. The van der Waals surface area contributed by atoms with Crippen LogP contribution < -0.4 is 0 Å². The Balaban J connectivity index is 1.29. The zero-order valence-electron chi connectivity index (χ0n) is 15.1. The van der Waals surface area contributed by atoms with Crippen LogP contribution in [-0.4, -0.2) is 12.4 Å². The van der Waals surface area contributed by atoms with E-state index in [4.69, 9.17) is 19.7 Å². The molecule has 4 aromatic rings. The Bertz CT molecular complexity index is 1020. The van der Waals surface area contributed by atoms with E-state index in [1.807, 2.05) is 36.4 Å². The number of unbranched alkanes of at least 4 members (excludes halogenated alkanes) is 2. The molecule has 0 amide bonds. The molecule has 0 fully saturated rings. The van der Waals surface area contributed by atoms with E-state index in [0.29, 0.717) is 0 Å². The zero-order chi connectivity index (χ0) is 18.6. The second kappa shape index (κ2) is 7.62. The van der Waals surface area contributed by atoms with Gasteiger partial charge < -0.3 is 19.7 Å². The normalized spacial score (nSPS) is 11.3. The fourth-order valence-corrected chi connectivity index (χ4v) is 3.41. The summed E-state index contributed by atoms with van der Waals surface area (Å²) >= 11 is 0. The Morgan fingerprint density at radius 3 is 1.56 bits per heavy atom. The molecule has 0 aliphatic heterocycles. The number of nitrogens with one attached hydrogen (secondary N) is 2. The molecule has 0 aliphatic rings. The maximum absolute atomic E-state index is 7.33. The quantitative estimate of drug-likeness (QED) is 0.294. The topological polar surface area (TPSA) is 74.0 Å². The van der Waals surface area contributed by atoms with Gasteiger partial charge >= 0.3 is 0 Å². The molecule has 0 saturated carbocycles. The lowest BCUT2D eigenvalue weighted by atomic mass is 10.1. The van der Waals surface area contributed by atoms with Crippen LogP contribution in [0, 0.1) is 10.8 Å². The fraction of sp³-hybridized carbons (Fsp3) is 0.217. The molecule has 0 radical (unpaired) electrons. The molecule has 2 heterocycles. The summed E-state index contributed by atoms with van der Waals surface area (Å²) in [5.74, 6) is 2.02. The molecule has 0 bridgehead atoms. The summed E-state index contributed by atoms with van der Waals surface area (Å²) in [6.45, 7) is 0. The number of furan rings is 2. The zero-order valence-corrected chi connectivity index (χ0v) is 15.1. The van der Waals surface area contributed by atoms with Crippen LogP contribution in [0.5, 0.6) is 0 Å². The first kappa shape index (κ1) is 17.3. The Labute approximate surface area is 157 Å². The van der Waals surface area contributed by atoms with Gasteiger partial charge in [-0.15, -0.1) is 0 Å². The molecule has 0 spiro atoms. The summed E-state index contributed by atoms with van der Waals surface area (Å²) in [6.07, 6.45) is 7.81. The van der Waals surface area contributed by atoms with Crippen molar-refractivity contribution in [1.82, 2.24) is 0 Å². The first-order valence-corrected chi connectivity index (χ1v) is 9.31. The van der Waals surface area contributed by atoms with E-state index in [9.17, 15) is 0 Å². The molecule has 0 aliphatic carbocycles. The van der Waals surface area contributed by atoms with Gasteiger partial charge in [0, 0.05) is 36.0 Å². The van der Waals surface area contributed by atoms with Gasteiger partial charge in [0.1, 0.15) is 22.7 Å². The van der Waals surface area contributed by atoms with Crippen LogP contribution in [0.25, 0.3) is 21.9 Å². The first-order valence-electron chi connectivity index (χ1n) is 9.31. The number of aryl methyl sites for hydroxylation is 2. The van der Waals surface area contributed by atoms with Gasteiger partial charge in [-0.1, -0.05) is 30.7 Å². The molecule has 4 nitrogen and oxygen atoms in total. The van der Waals surface area contributed by atoms with Crippen molar-refractivity contribution in [2.24, 2.45) is 0 Å². The lowest BCUT2D eigenvalue weighted by Gasteiger charge is -1.98. The smallest absolute Gasteiger partial charge is 0.134 e. The van der Waals surface area contributed by atoms with Crippen LogP contribution in [0.4, 0.5) is 0 Å². The number of hydrogen-bond donors (Lipinski definition) is 2. The van der Waals surface area contributed by atoms with Gasteiger partial charge in [0.2, 0.25) is 0 Å². The van der Waals surface area contributed by atoms with Crippen molar-refractivity contribution in [3.8, 4) is 0 Å². The Morgan fingerprint density at radius 1 is 0.630 bits per heavy atom. The van der Waals surface area contributed by atoms with Crippen LogP contribution in [-0.2, 0) is 12.8 Å². The Morgan fingerprint density at radius 2 is 1.11 bits per heavy atom. The minimum atomic E-state index is 0.859. The molecule has 136 valence electrons. The first-order chi connectivity index (χ1) is 13.2. The SMILES string of the molecule is N=Cc1ccc2cc(CCCCCc3cc4ccc(C=N)cc4o3)oc2c1. The second-order valence-corrected chi connectivity index (χ2v) is 6.87. The molecule has 0 unspecified atom stereocenters. The van der Waals surface area contributed by atoms with Crippen molar-refractivity contribution >= 4 is 34.4 Å². The standard InChI is InChI=1S/C23H22N2O2/c24-14-16-6-8-18-12-20(26-22(18)10-16)4-2-1-3-5-21-13-19-9-7-17(15-25)11-23(19)27-21/h6-15,24-25H,1-5H2. The molecule has 0 atom stereocenters. The highest BCUT2D eigenvalue weighted by Crippen LogP contribution is 2.23. The van der Waals surface area contributed by atoms with Crippen molar-refractivity contribution in [3.63, 3.8) is 0 Å². The number of fused-ring (bicyclic) bond motifs is 2. The van der Waals surface area contributed by atoms with Crippen LogP contribution >= 0.6 is 0 Å². The average molecular weight is 358 g/mol. The van der Waals surface area contributed by atoms with E-state index >= 15 is 0 Å². The molecule has 2 aromatic carbocycles. The van der Waals surface area contributed by atoms with Gasteiger partial charge in [-0.3, -0.25) is 0 Å². The van der Waals surface area contributed by atoms with Gasteiger partial charge in [0.15, 0.2) is 0 Å². The number of benzene rings is 2.